The molecule has 1 aromatic carbocycles. The minimum atomic E-state index is -0.572. The lowest BCUT2D eigenvalue weighted by atomic mass is 9.86. The van der Waals surface area contributed by atoms with E-state index in [1.807, 2.05) is 19.1 Å². The zero-order chi connectivity index (χ0) is 29.2. The number of fused-ring (bicyclic) bond motifs is 1. The molecule has 1 aromatic heterocycles. The number of ether oxygens (including phenoxy) is 2. The van der Waals surface area contributed by atoms with E-state index in [-0.39, 0.29) is 24.4 Å². The lowest BCUT2D eigenvalue weighted by molar-refractivity contribution is -0.00629. The van der Waals surface area contributed by atoms with Crippen molar-refractivity contribution >= 4 is 11.1 Å². The Kier molecular flexibility index (Phi) is 11.3. The molecule has 0 unspecified atom stereocenters. The number of hydrogen-bond donors (Lipinski definition) is 0. The van der Waals surface area contributed by atoms with Gasteiger partial charge in [-0.05, 0) is 97.6 Å². The fraction of sp³-hybridized carbons (Fsp3) is 0.485. The fourth-order valence-electron chi connectivity index (χ4n) is 5.72. The molecule has 1 aliphatic carbocycles. The molecular weight excluding hydrogens is 529 g/mol. The molecule has 41 heavy (non-hydrogen) atoms. The van der Waals surface area contributed by atoms with Crippen LogP contribution < -0.4 is 9.68 Å². The molecule has 0 amide bonds. The Hall–Kier alpha value is -3.26. The highest BCUT2D eigenvalue weighted by Crippen LogP contribution is 2.42. The van der Waals surface area contributed by atoms with Crippen molar-refractivity contribution in [1.82, 2.24) is 9.88 Å². The summed E-state index contributed by atoms with van der Waals surface area (Å²) in [5.41, 5.74) is 5.16. The number of rotatable bonds is 13. The number of halogens is 3. The Bertz CT molecular complexity index is 1270. The normalized spacial score (nSPS) is 18.3. The van der Waals surface area contributed by atoms with Crippen LogP contribution in [-0.4, -0.2) is 48.9 Å². The second-order valence-corrected chi connectivity index (χ2v) is 10.4. The van der Waals surface area contributed by atoms with Gasteiger partial charge >= 0.3 is 0 Å². The second kappa shape index (κ2) is 15.1. The van der Waals surface area contributed by atoms with Gasteiger partial charge in [-0.2, -0.15) is 9.37 Å². The molecule has 1 atom stereocenters. The number of aromatic nitrogens is 1. The van der Waals surface area contributed by atoms with Gasteiger partial charge in [0, 0.05) is 42.2 Å². The van der Waals surface area contributed by atoms with Crippen LogP contribution in [0.1, 0.15) is 76.0 Å². The van der Waals surface area contributed by atoms with Crippen molar-refractivity contribution in [3.05, 3.63) is 76.5 Å². The molecule has 1 aliphatic heterocycles. The molecule has 222 valence electrons. The minimum absolute atomic E-state index is 0.0795. The number of pyridine rings is 1. The van der Waals surface area contributed by atoms with Crippen LogP contribution in [-0.2, 0) is 11.2 Å². The minimum Gasteiger partial charge on any atom is -0.493 e. The van der Waals surface area contributed by atoms with E-state index in [0.717, 1.165) is 72.5 Å². The Labute approximate surface area is 241 Å². The van der Waals surface area contributed by atoms with Crippen molar-refractivity contribution in [3.8, 4) is 11.6 Å². The first-order chi connectivity index (χ1) is 20.0. The van der Waals surface area contributed by atoms with Gasteiger partial charge in [0.1, 0.15) is 6.10 Å². The maximum atomic E-state index is 15.5. The largest absolute Gasteiger partial charge is 0.493 e. The third-order valence-electron chi connectivity index (χ3n) is 7.73. The number of aryl methyl sites for hydroxylation is 1. The van der Waals surface area contributed by atoms with Gasteiger partial charge in [-0.3, -0.25) is 14.2 Å². The van der Waals surface area contributed by atoms with E-state index in [1.165, 1.54) is 0 Å². The predicted molar refractivity (Wildman–Crippen MR) is 157 cm³/mol. The molecule has 0 saturated carbocycles. The standard InChI is InChI=1S/C33H41F3N2O3/c1-4-23(11-12-25(5-2)40-27-17-20-38(22-27)19-8-18-34)32-28-14-13-26(41-36)21-24(28)9-7-10-29(32)30-15-16-31(39-6-3)37-33(30)35/h11-16,21,27H,4-10,17-20,22H2,1-3H3/b23-11+,25-12+/t27-/m0/s1. The van der Waals surface area contributed by atoms with Gasteiger partial charge in [0.25, 0.3) is 0 Å². The average Bonchev–Trinajstić information content (AvgIpc) is 3.35. The number of alkyl halides is 1. The summed E-state index contributed by atoms with van der Waals surface area (Å²) < 4.78 is 52.9. The molecule has 2 aromatic rings. The van der Waals surface area contributed by atoms with Crippen LogP contribution in [0.15, 0.2) is 53.8 Å². The van der Waals surface area contributed by atoms with E-state index in [4.69, 9.17) is 9.47 Å². The van der Waals surface area contributed by atoms with Crippen molar-refractivity contribution in [2.24, 2.45) is 0 Å². The number of benzene rings is 1. The number of hydrogen-bond acceptors (Lipinski definition) is 5. The lowest BCUT2D eigenvalue weighted by Gasteiger charge is -2.20. The summed E-state index contributed by atoms with van der Waals surface area (Å²) >= 11 is 0. The van der Waals surface area contributed by atoms with Crippen LogP contribution in [0, 0.1) is 5.95 Å². The van der Waals surface area contributed by atoms with Gasteiger partial charge in [0.15, 0.2) is 5.75 Å². The van der Waals surface area contributed by atoms with Crippen LogP contribution in [0.3, 0.4) is 0 Å². The quantitative estimate of drug-likeness (QED) is 0.138. The summed E-state index contributed by atoms with van der Waals surface area (Å²) in [7, 11) is 0. The smallest absolute Gasteiger partial charge is 0.223 e. The van der Waals surface area contributed by atoms with Crippen molar-refractivity contribution < 1.29 is 27.7 Å². The Morgan fingerprint density at radius 3 is 2.61 bits per heavy atom. The van der Waals surface area contributed by atoms with E-state index in [9.17, 15) is 8.92 Å². The zero-order valence-corrected chi connectivity index (χ0v) is 24.4. The van der Waals surface area contributed by atoms with Gasteiger partial charge in [0.2, 0.25) is 11.8 Å². The monoisotopic (exact) mass is 570 g/mol. The van der Waals surface area contributed by atoms with Crippen molar-refractivity contribution in [2.45, 2.75) is 71.8 Å². The average molecular weight is 571 g/mol. The summed E-state index contributed by atoms with van der Waals surface area (Å²) in [5.74, 6) is 0.710. The molecule has 0 bridgehead atoms. The molecule has 0 radical (unpaired) electrons. The zero-order valence-electron chi connectivity index (χ0n) is 24.4. The summed E-state index contributed by atoms with van der Waals surface area (Å²) in [6.45, 7) is 8.54. The van der Waals surface area contributed by atoms with Crippen molar-refractivity contribution in [1.29, 1.82) is 0 Å². The van der Waals surface area contributed by atoms with Crippen LogP contribution >= 0.6 is 0 Å². The topological polar surface area (TPSA) is 43.8 Å². The van der Waals surface area contributed by atoms with Crippen LogP contribution in [0.2, 0.25) is 0 Å². The Morgan fingerprint density at radius 2 is 1.90 bits per heavy atom. The third kappa shape index (κ3) is 7.73. The second-order valence-electron chi connectivity index (χ2n) is 10.4. The summed E-state index contributed by atoms with van der Waals surface area (Å²) in [6.07, 6.45) is 9.17. The van der Waals surface area contributed by atoms with E-state index >= 15 is 4.39 Å². The van der Waals surface area contributed by atoms with E-state index < -0.39 is 5.95 Å². The number of likely N-dealkylation sites (tertiary alicyclic amines) is 1. The van der Waals surface area contributed by atoms with E-state index in [0.29, 0.717) is 37.9 Å². The van der Waals surface area contributed by atoms with Crippen molar-refractivity contribution in [2.75, 3.05) is 32.9 Å². The molecule has 0 N–H and O–H groups in total. The summed E-state index contributed by atoms with van der Waals surface area (Å²) in [4.78, 5) is 10.4. The van der Waals surface area contributed by atoms with Crippen LogP contribution in [0.5, 0.6) is 11.6 Å². The highest BCUT2D eigenvalue weighted by molar-refractivity contribution is 5.99. The lowest BCUT2D eigenvalue weighted by Crippen LogP contribution is -2.24. The third-order valence-corrected chi connectivity index (χ3v) is 7.73. The summed E-state index contributed by atoms with van der Waals surface area (Å²) in [5, 5.41) is 0. The summed E-state index contributed by atoms with van der Waals surface area (Å²) in [6, 6.07) is 8.64. The molecule has 2 heterocycles. The Balaban J connectivity index is 1.74. The first-order valence-corrected chi connectivity index (χ1v) is 14.8. The first kappa shape index (κ1) is 30.7. The molecule has 4 rings (SSSR count). The predicted octanol–water partition coefficient (Wildman–Crippen LogP) is 8.21. The van der Waals surface area contributed by atoms with Crippen LogP contribution in [0.4, 0.5) is 13.3 Å². The number of nitrogens with zero attached hydrogens (tertiary/aromatic N) is 2. The molecule has 0 spiro atoms. The van der Waals surface area contributed by atoms with Gasteiger partial charge in [0.05, 0.1) is 19.0 Å². The highest BCUT2D eigenvalue weighted by Gasteiger charge is 2.25. The Morgan fingerprint density at radius 1 is 1.07 bits per heavy atom. The van der Waals surface area contributed by atoms with E-state index in [2.05, 4.69) is 34.7 Å². The highest BCUT2D eigenvalue weighted by atomic mass is 19.3. The SMILES string of the molecule is CCOc1ccc(C2=C(/C(=C/C=C(\CC)O[C@H]3CCN(CCCF)C3)CC)c3ccc(OF)cc3CCC2)c(F)n1. The fourth-order valence-corrected chi connectivity index (χ4v) is 5.72. The van der Waals surface area contributed by atoms with Crippen LogP contribution in [0.25, 0.3) is 11.1 Å². The van der Waals surface area contributed by atoms with Crippen molar-refractivity contribution in [3.63, 3.8) is 0 Å². The molecule has 2 aliphatic rings. The first-order valence-electron chi connectivity index (χ1n) is 14.8. The van der Waals surface area contributed by atoms with E-state index in [1.54, 1.807) is 24.3 Å². The molecular formula is C33H41F3N2O3. The molecule has 1 saturated heterocycles. The van der Waals surface area contributed by atoms with Gasteiger partial charge in [-0.25, -0.2) is 0 Å². The molecule has 1 fully saturated rings. The van der Waals surface area contributed by atoms with Gasteiger partial charge in [-0.15, -0.1) is 0 Å². The van der Waals surface area contributed by atoms with Gasteiger partial charge < -0.3 is 9.47 Å². The maximum Gasteiger partial charge on any atom is 0.223 e. The molecule has 8 heteroatoms. The maximum absolute atomic E-state index is 15.5. The van der Waals surface area contributed by atoms with Gasteiger partial charge in [-0.1, -0.05) is 26.0 Å². The molecule has 5 nitrogen and oxygen atoms in total. The number of allylic oxidation sites excluding steroid dienone is 6.